The fraction of sp³-hybridized carbons (Fsp3) is 0.421. The first-order chi connectivity index (χ1) is 11.4. The minimum absolute atomic E-state index is 0.298. The molecule has 1 aliphatic carbocycles. The molecule has 1 N–H and O–H groups in total. The Balaban J connectivity index is 1.98. The zero-order chi connectivity index (χ0) is 17.3. The number of carbonyl (C=O) groups is 1. The van der Waals surface area contributed by atoms with Crippen LogP contribution in [0.2, 0.25) is 0 Å². The number of nitrogens with one attached hydrogen (secondary N) is 1. The van der Waals surface area contributed by atoms with Gasteiger partial charge in [-0.3, -0.25) is 9.78 Å². The zero-order valence-corrected chi connectivity index (χ0v) is 13.9. The van der Waals surface area contributed by atoms with Crippen LogP contribution in [-0.2, 0) is 0 Å². The first-order valence-electron chi connectivity index (χ1n) is 8.23. The third-order valence-electron chi connectivity index (χ3n) is 4.71. The van der Waals surface area contributed by atoms with E-state index in [9.17, 15) is 14.4 Å². The van der Waals surface area contributed by atoms with Gasteiger partial charge in [0.1, 0.15) is 11.4 Å². The molecule has 4 nitrogen and oxygen atoms in total. The van der Waals surface area contributed by atoms with Gasteiger partial charge in [-0.25, -0.2) is 4.39 Å². The van der Waals surface area contributed by atoms with Crippen molar-refractivity contribution < 1.29 is 9.18 Å². The molecule has 24 heavy (non-hydrogen) atoms. The van der Waals surface area contributed by atoms with Crippen LogP contribution < -0.4 is 5.32 Å². The molecule has 1 fully saturated rings. The molecule has 124 valence electrons. The minimum atomic E-state index is -0.821. The molecule has 0 saturated heterocycles. The SMILES string of the molecule is Cc1cc(C(=O)NC2(C#N)CCCC(C)C2)c2ccc(F)cc2n1. The topological polar surface area (TPSA) is 65.8 Å². The summed E-state index contributed by atoms with van der Waals surface area (Å²) in [5, 5.41) is 13.2. The summed E-state index contributed by atoms with van der Waals surface area (Å²) in [4.78, 5) is 17.1. The molecule has 1 aromatic carbocycles. The van der Waals surface area contributed by atoms with E-state index in [1.807, 2.05) is 0 Å². The molecular formula is C19H20FN3O. The van der Waals surface area contributed by atoms with Crippen LogP contribution in [0.3, 0.4) is 0 Å². The monoisotopic (exact) mass is 325 g/mol. The van der Waals surface area contributed by atoms with E-state index < -0.39 is 5.54 Å². The molecule has 1 aromatic heterocycles. The number of pyridine rings is 1. The molecule has 0 bridgehead atoms. The van der Waals surface area contributed by atoms with Crippen molar-refractivity contribution in [2.45, 2.75) is 45.1 Å². The minimum Gasteiger partial charge on any atom is -0.334 e. The standard InChI is InChI=1S/C19H20FN3O/c1-12-4-3-7-19(10-12,11-21)23-18(24)16-8-13(2)22-17-9-14(20)5-6-15(16)17/h5-6,8-9,12H,3-4,7,10H2,1-2H3,(H,23,24). The lowest BCUT2D eigenvalue weighted by molar-refractivity contribution is 0.0892. The summed E-state index contributed by atoms with van der Waals surface area (Å²) in [5.41, 5.74) is 0.702. The first-order valence-corrected chi connectivity index (χ1v) is 8.23. The second kappa shape index (κ2) is 6.20. The quantitative estimate of drug-likeness (QED) is 0.911. The van der Waals surface area contributed by atoms with Crippen molar-refractivity contribution in [1.29, 1.82) is 5.26 Å². The van der Waals surface area contributed by atoms with Crippen molar-refractivity contribution in [2.75, 3.05) is 0 Å². The highest BCUT2D eigenvalue weighted by Gasteiger charge is 2.37. The maximum atomic E-state index is 13.4. The Kier molecular flexibility index (Phi) is 4.23. The summed E-state index contributed by atoms with van der Waals surface area (Å²) in [6.45, 7) is 3.87. The largest absolute Gasteiger partial charge is 0.334 e. The van der Waals surface area contributed by atoms with E-state index in [4.69, 9.17) is 0 Å². The van der Waals surface area contributed by atoms with Gasteiger partial charge >= 0.3 is 0 Å². The van der Waals surface area contributed by atoms with Gasteiger partial charge in [-0.05, 0) is 50.3 Å². The lowest BCUT2D eigenvalue weighted by Crippen LogP contribution is -2.50. The smallest absolute Gasteiger partial charge is 0.253 e. The van der Waals surface area contributed by atoms with Gasteiger partial charge in [-0.2, -0.15) is 5.26 Å². The van der Waals surface area contributed by atoms with Gasteiger partial charge in [-0.1, -0.05) is 13.3 Å². The fourth-order valence-corrected chi connectivity index (χ4v) is 3.60. The predicted octanol–water partition coefficient (Wildman–Crippen LogP) is 3.88. The number of aromatic nitrogens is 1. The Hall–Kier alpha value is -2.48. The number of nitrogens with zero attached hydrogens (tertiary/aromatic N) is 2. The maximum Gasteiger partial charge on any atom is 0.253 e. The molecule has 2 atom stereocenters. The summed E-state index contributed by atoms with van der Waals surface area (Å²) >= 11 is 0. The number of halogens is 1. The van der Waals surface area contributed by atoms with Gasteiger partial charge in [0.2, 0.25) is 0 Å². The van der Waals surface area contributed by atoms with Crippen LogP contribution in [0.5, 0.6) is 0 Å². The lowest BCUT2D eigenvalue weighted by Gasteiger charge is -2.35. The van der Waals surface area contributed by atoms with Crippen LogP contribution in [0.15, 0.2) is 24.3 Å². The molecule has 5 heteroatoms. The van der Waals surface area contributed by atoms with Crippen molar-refractivity contribution in [3.8, 4) is 6.07 Å². The summed E-state index contributed by atoms with van der Waals surface area (Å²) in [7, 11) is 0. The number of hydrogen-bond acceptors (Lipinski definition) is 3. The van der Waals surface area contributed by atoms with Crippen molar-refractivity contribution in [1.82, 2.24) is 10.3 Å². The molecule has 2 aromatic rings. The van der Waals surface area contributed by atoms with Gasteiger partial charge < -0.3 is 5.32 Å². The van der Waals surface area contributed by atoms with Crippen LogP contribution in [0.25, 0.3) is 10.9 Å². The molecule has 1 amide bonds. The van der Waals surface area contributed by atoms with Crippen molar-refractivity contribution in [2.24, 2.45) is 5.92 Å². The van der Waals surface area contributed by atoms with Gasteiger partial charge in [0.15, 0.2) is 0 Å². The number of fused-ring (bicyclic) bond motifs is 1. The van der Waals surface area contributed by atoms with E-state index in [0.717, 1.165) is 12.8 Å². The fourth-order valence-electron chi connectivity index (χ4n) is 3.60. The second-order valence-corrected chi connectivity index (χ2v) is 6.82. The molecule has 1 heterocycles. The summed E-state index contributed by atoms with van der Waals surface area (Å²) in [6, 6.07) is 8.20. The Bertz CT molecular complexity index is 837. The van der Waals surface area contributed by atoms with E-state index in [-0.39, 0.29) is 11.7 Å². The number of aryl methyl sites for hydroxylation is 1. The molecule has 0 spiro atoms. The van der Waals surface area contributed by atoms with E-state index in [2.05, 4.69) is 23.3 Å². The molecule has 3 rings (SSSR count). The number of benzene rings is 1. The molecule has 0 radical (unpaired) electrons. The van der Waals surface area contributed by atoms with Crippen LogP contribution in [0.1, 0.15) is 48.7 Å². The maximum absolute atomic E-state index is 13.4. The third kappa shape index (κ3) is 3.09. The average Bonchev–Trinajstić information content (AvgIpc) is 2.53. The third-order valence-corrected chi connectivity index (χ3v) is 4.71. The van der Waals surface area contributed by atoms with Crippen LogP contribution in [-0.4, -0.2) is 16.4 Å². The highest BCUT2D eigenvalue weighted by molar-refractivity contribution is 6.06. The van der Waals surface area contributed by atoms with E-state index in [0.29, 0.717) is 40.9 Å². The predicted molar refractivity (Wildman–Crippen MR) is 89.9 cm³/mol. The number of carbonyl (C=O) groups excluding carboxylic acids is 1. The van der Waals surface area contributed by atoms with Crippen LogP contribution >= 0.6 is 0 Å². The molecule has 0 aliphatic heterocycles. The Morgan fingerprint density at radius 2 is 2.25 bits per heavy atom. The van der Waals surface area contributed by atoms with Crippen molar-refractivity contribution in [3.05, 3.63) is 41.3 Å². The summed E-state index contributed by atoms with van der Waals surface area (Å²) in [6.07, 6.45) is 3.33. The van der Waals surface area contributed by atoms with Crippen LogP contribution in [0, 0.1) is 30.0 Å². The number of nitriles is 1. The van der Waals surface area contributed by atoms with Crippen molar-refractivity contribution >= 4 is 16.8 Å². The normalized spacial score (nSPS) is 23.7. The van der Waals surface area contributed by atoms with Gasteiger partial charge in [0.25, 0.3) is 5.91 Å². The number of rotatable bonds is 2. The Morgan fingerprint density at radius 1 is 1.46 bits per heavy atom. The number of amides is 1. The number of hydrogen-bond donors (Lipinski definition) is 1. The summed E-state index contributed by atoms with van der Waals surface area (Å²) < 4.78 is 13.4. The molecule has 1 aliphatic rings. The highest BCUT2D eigenvalue weighted by Crippen LogP contribution is 2.32. The van der Waals surface area contributed by atoms with Gasteiger partial charge in [0.05, 0.1) is 17.1 Å². The summed E-state index contributed by atoms with van der Waals surface area (Å²) in [5.74, 6) is -0.280. The van der Waals surface area contributed by atoms with E-state index in [1.54, 1.807) is 19.1 Å². The van der Waals surface area contributed by atoms with Crippen molar-refractivity contribution in [3.63, 3.8) is 0 Å². The lowest BCUT2D eigenvalue weighted by atomic mass is 9.77. The first kappa shape index (κ1) is 16.4. The molecule has 1 saturated carbocycles. The van der Waals surface area contributed by atoms with Crippen LogP contribution in [0.4, 0.5) is 4.39 Å². The Morgan fingerprint density at radius 3 is 2.96 bits per heavy atom. The highest BCUT2D eigenvalue weighted by atomic mass is 19.1. The average molecular weight is 325 g/mol. The van der Waals surface area contributed by atoms with E-state index >= 15 is 0 Å². The molecular weight excluding hydrogens is 305 g/mol. The van der Waals surface area contributed by atoms with Gasteiger partial charge in [-0.15, -0.1) is 0 Å². The van der Waals surface area contributed by atoms with E-state index in [1.165, 1.54) is 12.1 Å². The second-order valence-electron chi connectivity index (χ2n) is 6.82. The molecule has 2 unspecified atom stereocenters. The zero-order valence-electron chi connectivity index (χ0n) is 13.9. The Labute approximate surface area is 140 Å². The van der Waals surface area contributed by atoms with Gasteiger partial charge in [0, 0.05) is 17.1 Å².